The third kappa shape index (κ3) is 7.77. The first-order chi connectivity index (χ1) is 13.6. The average molecular weight is 386 g/mol. The van der Waals surface area contributed by atoms with Crippen LogP contribution < -0.4 is 15.8 Å². The van der Waals surface area contributed by atoms with E-state index in [1.54, 1.807) is 7.11 Å². The third-order valence-corrected chi connectivity index (χ3v) is 3.93. The molecule has 28 heavy (non-hydrogen) atoms. The molecule has 2 rings (SSSR count). The number of nitrogens with one attached hydrogen (secondary N) is 1. The Morgan fingerprint density at radius 2 is 1.79 bits per heavy atom. The third-order valence-electron chi connectivity index (χ3n) is 3.93. The minimum absolute atomic E-state index is 0.159. The summed E-state index contributed by atoms with van der Waals surface area (Å²) in [4.78, 5) is 23.7. The van der Waals surface area contributed by atoms with Crippen molar-refractivity contribution in [2.45, 2.75) is 19.1 Å². The molecule has 0 bridgehead atoms. The summed E-state index contributed by atoms with van der Waals surface area (Å²) in [5.41, 5.74) is 7.32. The van der Waals surface area contributed by atoms with Gasteiger partial charge in [-0.25, -0.2) is 0 Å². The minimum atomic E-state index is -0.831. The monoisotopic (exact) mass is 386 g/mol. The SMILES string of the molecule is COCCOCC(=O)N[C@H](Cc1cccc(OCc2ccccc2)c1)C(N)=O. The zero-order valence-corrected chi connectivity index (χ0v) is 15.9. The summed E-state index contributed by atoms with van der Waals surface area (Å²) in [5, 5.41) is 2.60. The van der Waals surface area contributed by atoms with E-state index in [4.69, 9.17) is 19.9 Å². The number of amides is 2. The molecular weight excluding hydrogens is 360 g/mol. The second-order valence-corrected chi connectivity index (χ2v) is 6.19. The van der Waals surface area contributed by atoms with Crippen LogP contribution in [0.2, 0.25) is 0 Å². The summed E-state index contributed by atoms with van der Waals surface area (Å²) in [5.74, 6) is -0.337. The van der Waals surface area contributed by atoms with Crippen molar-refractivity contribution in [3.05, 3.63) is 65.7 Å². The van der Waals surface area contributed by atoms with Gasteiger partial charge in [0.05, 0.1) is 13.2 Å². The van der Waals surface area contributed by atoms with Gasteiger partial charge in [0, 0.05) is 13.5 Å². The van der Waals surface area contributed by atoms with Gasteiger partial charge in [0.15, 0.2) is 0 Å². The highest BCUT2D eigenvalue weighted by Gasteiger charge is 2.19. The van der Waals surface area contributed by atoms with E-state index in [-0.39, 0.29) is 13.0 Å². The lowest BCUT2D eigenvalue weighted by Crippen LogP contribution is -2.47. The van der Waals surface area contributed by atoms with Crippen molar-refractivity contribution >= 4 is 11.8 Å². The number of primary amides is 1. The number of benzene rings is 2. The van der Waals surface area contributed by atoms with Crippen LogP contribution in [0.1, 0.15) is 11.1 Å². The molecule has 1 atom stereocenters. The Bertz CT molecular complexity index is 751. The standard InChI is InChI=1S/C21H26N2O5/c1-26-10-11-27-15-20(24)23-19(21(22)25)13-17-8-5-9-18(12-17)28-14-16-6-3-2-4-7-16/h2-9,12,19H,10-11,13-15H2,1H3,(H2,22,25)(H,23,24)/t19-/m1/s1. The Hall–Kier alpha value is -2.90. The number of carbonyl (C=O) groups excluding carboxylic acids is 2. The van der Waals surface area contributed by atoms with Crippen molar-refractivity contribution in [2.24, 2.45) is 5.73 Å². The van der Waals surface area contributed by atoms with Crippen molar-refractivity contribution in [1.29, 1.82) is 0 Å². The van der Waals surface area contributed by atoms with Crippen molar-refractivity contribution < 1.29 is 23.8 Å². The van der Waals surface area contributed by atoms with E-state index in [0.29, 0.717) is 25.6 Å². The molecule has 7 heteroatoms. The Labute approximate surface area is 164 Å². The van der Waals surface area contributed by atoms with Crippen LogP contribution in [0.5, 0.6) is 5.75 Å². The molecule has 0 saturated carbocycles. The number of carbonyl (C=O) groups is 2. The summed E-state index contributed by atoms with van der Waals surface area (Å²) in [6, 6.07) is 16.4. The van der Waals surface area contributed by atoms with Gasteiger partial charge in [0.2, 0.25) is 11.8 Å². The van der Waals surface area contributed by atoms with Crippen molar-refractivity contribution in [2.75, 3.05) is 26.9 Å². The molecule has 0 unspecified atom stereocenters. The van der Waals surface area contributed by atoms with Crippen molar-refractivity contribution in [3.63, 3.8) is 0 Å². The fourth-order valence-corrected chi connectivity index (χ4v) is 2.50. The first-order valence-electron chi connectivity index (χ1n) is 8.99. The zero-order valence-electron chi connectivity index (χ0n) is 15.9. The van der Waals surface area contributed by atoms with Gasteiger partial charge in [0.1, 0.15) is 25.0 Å². The maximum atomic E-state index is 11.9. The summed E-state index contributed by atoms with van der Waals surface area (Å²) in [6.45, 7) is 0.973. The molecule has 3 N–H and O–H groups in total. The van der Waals surface area contributed by atoms with E-state index in [0.717, 1.165) is 11.1 Å². The number of methoxy groups -OCH3 is 1. The summed E-state index contributed by atoms with van der Waals surface area (Å²) >= 11 is 0. The molecule has 0 spiro atoms. The smallest absolute Gasteiger partial charge is 0.246 e. The van der Waals surface area contributed by atoms with Gasteiger partial charge in [-0.3, -0.25) is 9.59 Å². The highest BCUT2D eigenvalue weighted by Crippen LogP contribution is 2.16. The van der Waals surface area contributed by atoms with E-state index in [2.05, 4.69) is 5.32 Å². The molecule has 0 aromatic heterocycles. The van der Waals surface area contributed by atoms with E-state index in [1.165, 1.54) is 0 Å². The molecule has 0 aliphatic rings. The number of hydrogen-bond donors (Lipinski definition) is 2. The molecule has 0 aliphatic heterocycles. The molecule has 0 aliphatic carbocycles. The Balaban J connectivity index is 1.89. The molecule has 0 fully saturated rings. The van der Waals surface area contributed by atoms with Gasteiger partial charge in [-0.15, -0.1) is 0 Å². The second kappa shape index (κ2) is 11.7. The average Bonchev–Trinajstić information content (AvgIpc) is 2.70. The van der Waals surface area contributed by atoms with Gasteiger partial charge < -0.3 is 25.3 Å². The largest absolute Gasteiger partial charge is 0.489 e. The number of rotatable bonds is 12. The lowest BCUT2D eigenvalue weighted by molar-refractivity contribution is -0.130. The molecule has 0 heterocycles. The van der Waals surface area contributed by atoms with Gasteiger partial charge in [-0.1, -0.05) is 42.5 Å². The van der Waals surface area contributed by atoms with Crippen LogP contribution in [0.15, 0.2) is 54.6 Å². The lowest BCUT2D eigenvalue weighted by Gasteiger charge is -2.16. The van der Waals surface area contributed by atoms with Gasteiger partial charge in [-0.2, -0.15) is 0 Å². The van der Waals surface area contributed by atoms with Crippen LogP contribution in [-0.4, -0.2) is 44.8 Å². The van der Waals surface area contributed by atoms with E-state index in [1.807, 2.05) is 54.6 Å². The second-order valence-electron chi connectivity index (χ2n) is 6.19. The highest BCUT2D eigenvalue weighted by molar-refractivity contribution is 5.87. The van der Waals surface area contributed by atoms with Gasteiger partial charge in [-0.05, 0) is 23.3 Å². The summed E-state index contributed by atoms with van der Waals surface area (Å²) < 4.78 is 15.8. The van der Waals surface area contributed by atoms with Crippen LogP contribution >= 0.6 is 0 Å². The summed E-state index contributed by atoms with van der Waals surface area (Å²) in [6.07, 6.45) is 0.266. The predicted octanol–water partition coefficient (Wildman–Crippen LogP) is 1.44. The summed E-state index contributed by atoms with van der Waals surface area (Å²) in [7, 11) is 1.55. The quantitative estimate of drug-likeness (QED) is 0.538. The van der Waals surface area contributed by atoms with Crippen LogP contribution in [-0.2, 0) is 32.1 Å². The Morgan fingerprint density at radius 1 is 1.04 bits per heavy atom. The minimum Gasteiger partial charge on any atom is -0.489 e. The number of hydrogen-bond acceptors (Lipinski definition) is 5. The highest BCUT2D eigenvalue weighted by atomic mass is 16.5. The van der Waals surface area contributed by atoms with Gasteiger partial charge >= 0.3 is 0 Å². The molecule has 2 aromatic carbocycles. The molecule has 0 saturated heterocycles. The normalized spacial score (nSPS) is 11.6. The number of ether oxygens (including phenoxy) is 3. The molecule has 2 amide bonds. The maximum Gasteiger partial charge on any atom is 0.246 e. The number of nitrogens with two attached hydrogens (primary N) is 1. The van der Waals surface area contributed by atoms with Crippen LogP contribution in [0, 0.1) is 0 Å². The van der Waals surface area contributed by atoms with E-state index < -0.39 is 17.9 Å². The maximum absolute atomic E-state index is 11.9. The van der Waals surface area contributed by atoms with E-state index in [9.17, 15) is 9.59 Å². The molecular formula is C21H26N2O5. The zero-order chi connectivity index (χ0) is 20.2. The van der Waals surface area contributed by atoms with E-state index >= 15 is 0 Å². The van der Waals surface area contributed by atoms with Crippen LogP contribution in [0.25, 0.3) is 0 Å². The molecule has 2 aromatic rings. The first kappa shape index (κ1) is 21.4. The Kier molecular flexibility index (Phi) is 8.97. The molecule has 7 nitrogen and oxygen atoms in total. The predicted molar refractivity (Wildman–Crippen MR) is 105 cm³/mol. The van der Waals surface area contributed by atoms with Crippen LogP contribution in [0.3, 0.4) is 0 Å². The molecule has 150 valence electrons. The first-order valence-corrected chi connectivity index (χ1v) is 8.99. The fourth-order valence-electron chi connectivity index (χ4n) is 2.50. The lowest BCUT2D eigenvalue weighted by atomic mass is 10.1. The Morgan fingerprint density at radius 3 is 2.50 bits per heavy atom. The van der Waals surface area contributed by atoms with Crippen molar-refractivity contribution in [3.8, 4) is 5.75 Å². The van der Waals surface area contributed by atoms with Crippen LogP contribution in [0.4, 0.5) is 0 Å². The topological polar surface area (TPSA) is 99.9 Å². The molecule has 0 radical (unpaired) electrons. The van der Waals surface area contributed by atoms with Gasteiger partial charge in [0.25, 0.3) is 0 Å². The fraction of sp³-hybridized carbons (Fsp3) is 0.333. The van der Waals surface area contributed by atoms with Crippen molar-refractivity contribution in [1.82, 2.24) is 5.32 Å².